The molecule has 0 saturated heterocycles. The number of hydrogen-bond acceptors (Lipinski definition) is 4. The average molecular weight is 454 g/mol. The van der Waals surface area contributed by atoms with Gasteiger partial charge in [0.25, 0.3) is 0 Å². The molecule has 1 heterocycles. The van der Waals surface area contributed by atoms with Crippen molar-refractivity contribution in [2.75, 3.05) is 7.11 Å². The SMILES string of the molecule is COc1ccc(Cn2c(=O)[nH]c3c(C#N)c(C(=O)c4cc(F)ccc4Cl)c(F)cc32)cc1. The lowest BCUT2D eigenvalue weighted by atomic mass is 9.97. The van der Waals surface area contributed by atoms with Crippen molar-refractivity contribution in [2.24, 2.45) is 0 Å². The van der Waals surface area contributed by atoms with Crippen LogP contribution in [0, 0.1) is 23.0 Å². The van der Waals surface area contributed by atoms with Crippen molar-refractivity contribution in [3.63, 3.8) is 0 Å². The second kappa shape index (κ2) is 8.29. The molecule has 0 spiro atoms. The molecule has 4 rings (SSSR count). The highest BCUT2D eigenvalue weighted by molar-refractivity contribution is 6.35. The quantitative estimate of drug-likeness (QED) is 0.453. The molecular weight excluding hydrogens is 440 g/mol. The molecule has 1 N–H and O–H groups in total. The Morgan fingerprint density at radius 3 is 2.56 bits per heavy atom. The first-order valence-corrected chi connectivity index (χ1v) is 9.69. The lowest BCUT2D eigenvalue weighted by Crippen LogP contribution is -2.17. The summed E-state index contributed by atoms with van der Waals surface area (Å²) in [4.78, 5) is 28.1. The van der Waals surface area contributed by atoms with E-state index in [9.17, 15) is 19.2 Å². The van der Waals surface area contributed by atoms with E-state index >= 15 is 4.39 Å². The molecule has 0 atom stereocenters. The number of hydrogen-bond donors (Lipinski definition) is 1. The summed E-state index contributed by atoms with van der Waals surface area (Å²) < 4.78 is 35.1. The normalized spacial score (nSPS) is 10.8. The second-order valence-corrected chi connectivity index (χ2v) is 7.34. The molecule has 0 amide bonds. The number of ketones is 1. The molecule has 0 radical (unpaired) electrons. The summed E-state index contributed by atoms with van der Waals surface area (Å²) in [6.45, 7) is 0.0934. The predicted molar refractivity (Wildman–Crippen MR) is 114 cm³/mol. The molecule has 0 fully saturated rings. The van der Waals surface area contributed by atoms with Gasteiger partial charge in [-0.3, -0.25) is 9.36 Å². The molecule has 6 nitrogen and oxygen atoms in total. The maximum Gasteiger partial charge on any atom is 0.326 e. The van der Waals surface area contributed by atoms with Crippen molar-refractivity contribution < 1.29 is 18.3 Å². The van der Waals surface area contributed by atoms with Gasteiger partial charge >= 0.3 is 5.69 Å². The molecule has 0 aliphatic carbocycles. The Balaban J connectivity index is 1.87. The minimum absolute atomic E-state index is 0.00304. The Labute approximate surface area is 185 Å². The van der Waals surface area contributed by atoms with Crippen molar-refractivity contribution in [3.05, 3.63) is 97.9 Å². The molecule has 4 aromatic rings. The van der Waals surface area contributed by atoms with Gasteiger partial charge in [0.2, 0.25) is 0 Å². The van der Waals surface area contributed by atoms with Crippen LogP contribution in [-0.4, -0.2) is 22.4 Å². The number of aromatic amines is 1. The van der Waals surface area contributed by atoms with E-state index in [1.807, 2.05) is 0 Å². The van der Waals surface area contributed by atoms with Gasteiger partial charge in [-0.15, -0.1) is 0 Å². The fourth-order valence-corrected chi connectivity index (χ4v) is 3.67. The molecule has 3 aromatic carbocycles. The fraction of sp³-hybridized carbons (Fsp3) is 0.0870. The average Bonchev–Trinajstić information content (AvgIpc) is 3.09. The van der Waals surface area contributed by atoms with E-state index in [-0.39, 0.29) is 33.7 Å². The number of methoxy groups -OCH3 is 1. The summed E-state index contributed by atoms with van der Waals surface area (Å²) in [6.07, 6.45) is 0. The van der Waals surface area contributed by atoms with Crippen LogP contribution in [0.5, 0.6) is 5.75 Å². The van der Waals surface area contributed by atoms with E-state index in [1.54, 1.807) is 30.3 Å². The Kier molecular flexibility index (Phi) is 5.51. The lowest BCUT2D eigenvalue weighted by molar-refractivity contribution is 0.103. The number of rotatable bonds is 5. The zero-order valence-electron chi connectivity index (χ0n) is 16.6. The number of halogens is 3. The fourth-order valence-electron chi connectivity index (χ4n) is 3.47. The maximum atomic E-state index is 15.1. The van der Waals surface area contributed by atoms with Crippen molar-refractivity contribution >= 4 is 28.4 Å². The van der Waals surface area contributed by atoms with E-state index in [4.69, 9.17) is 16.3 Å². The third-order valence-electron chi connectivity index (χ3n) is 5.04. The van der Waals surface area contributed by atoms with Crippen molar-refractivity contribution in [3.8, 4) is 11.8 Å². The number of carbonyl (C=O) groups is 1. The minimum Gasteiger partial charge on any atom is -0.497 e. The van der Waals surface area contributed by atoms with E-state index in [1.165, 1.54) is 17.7 Å². The molecule has 32 heavy (non-hydrogen) atoms. The summed E-state index contributed by atoms with van der Waals surface area (Å²) in [5.41, 5.74) is -0.979. The van der Waals surface area contributed by atoms with Gasteiger partial charge in [0.1, 0.15) is 23.5 Å². The van der Waals surface area contributed by atoms with Crippen molar-refractivity contribution in [1.29, 1.82) is 5.26 Å². The third kappa shape index (κ3) is 3.63. The number of imidazole rings is 1. The number of benzene rings is 3. The van der Waals surface area contributed by atoms with Crippen molar-refractivity contribution in [2.45, 2.75) is 6.54 Å². The maximum absolute atomic E-state index is 15.1. The second-order valence-electron chi connectivity index (χ2n) is 6.93. The van der Waals surface area contributed by atoms with Crippen molar-refractivity contribution in [1.82, 2.24) is 9.55 Å². The van der Waals surface area contributed by atoms with E-state index in [2.05, 4.69) is 4.98 Å². The highest BCUT2D eigenvalue weighted by atomic mass is 35.5. The molecule has 9 heteroatoms. The number of nitrogens with one attached hydrogen (secondary N) is 1. The zero-order valence-corrected chi connectivity index (χ0v) is 17.3. The van der Waals surface area contributed by atoms with Crippen LogP contribution in [-0.2, 0) is 6.54 Å². The van der Waals surface area contributed by atoms with E-state index in [0.29, 0.717) is 5.75 Å². The smallest absolute Gasteiger partial charge is 0.326 e. The van der Waals surface area contributed by atoms with Crippen LogP contribution in [0.1, 0.15) is 27.0 Å². The third-order valence-corrected chi connectivity index (χ3v) is 5.37. The zero-order chi connectivity index (χ0) is 23.0. The molecule has 0 bridgehead atoms. The van der Waals surface area contributed by atoms with Gasteiger partial charge in [0, 0.05) is 11.6 Å². The summed E-state index contributed by atoms with van der Waals surface area (Å²) in [5, 5.41) is 9.59. The Morgan fingerprint density at radius 2 is 1.91 bits per heavy atom. The molecule has 160 valence electrons. The largest absolute Gasteiger partial charge is 0.497 e. The van der Waals surface area contributed by atoms with Gasteiger partial charge in [-0.1, -0.05) is 23.7 Å². The van der Waals surface area contributed by atoms with Crippen LogP contribution < -0.4 is 10.4 Å². The molecule has 0 saturated carbocycles. The summed E-state index contributed by atoms with van der Waals surface area (Å²) in [5.74, 6) is -2.09. The monoisotopic (exact) mass is 453 g/mol. The van der Waals surface area contributed by atoms with Gasteiger partial charge < -0.3 is 9.72 Å². The topological polar surface area (TPSA) is 87.9 Å². The minimum atomic E-state index is -1.03. The van der Waals surface area contributed by atoms with Crippen LogP contribution >= 0.6 is 11.6 Å². The number of aromatic nitrogens is 2. The number of fused-ring (bicyclic) bond motifs is 1. The van der Waals surface area contributed by atoms with Crippen LogP contribution in [0.25, 0.3) is 11.0 Å². The van der Waals surface area contributed by atoms with Gasteiger partial charge in [-0.05, 0) is 35.9 Å². The van der Waals surface area contributed by atoms with Crippen LogP contribution in [0.2, 0.25) is 5.02 Å². The molecule has 0 unspecified atom stereocenters. The summed E-state index contributed by atoms with van der Waals surface area (Å²) >= 11 is 5.98. The standard InChI is InChI=1S/C23H14ClF2N3O3/c1-32-14-5-2-12(3-6-14)11-29-19-9-18(26)20(16(10-27)21(19)28-23(29)31)22(30)15-8-13(25)4-7-17(15)24/h2-9H,11H2,1H3,(H,28,31). The van der Waals surface area contributed by atoms with Gasteiger partial charge in [0.05, 0.1) is 40.8 Å². The van der Waals surface area contributed by atoms with E-state index < -0.39 is 28.7 Å². The highest BCUT2D eigenvalue weighted by Gasteiger charge is 2.26. The van der Waals surface area contributed by atoms with Gasteiger partial charge in [-0.25, -0.2) is 13.6 Å². The van der Waals surface area contributed by atoms with Crippen LogP contribution in [0.15, 0.2) is 53.3 Å². The first-order valence-electron chi connectivity index (χ1n) is 9.31. The molecule has 0 aliphatic rings. The Morgan fingerprint density at radius 1 is 1.19 bits per heavy atom. The highest BCUT2D eigenvalue weighted by Crippen LogP contribution is 2.28. The number of ether oxygens (including phenoxy) is 1. The predicted octanol–water partition coefficient (Wildman–Crippen LogP) is 4.42. The Bertz CT molecular complexity index is 1470. The number of nitrogens with zero attached hydrogens (tertiary/aromatic N) is 2. The first-order chi connectivity index (χ1) is 15.3. The summed E-state index contributed by atoms with van der Waals surface area (Å²) in [7, 11) is 1.53. The molecule has 0 aliphatic heterocycles. The van der Waals surface area contributed by atoms with Crippen LogP contribution in [0.3, 0.4) is 0 Å². The first kappa shape index (κ1) is 21.3. The summed E-state index contributed by atoms with van der Waals surface area (Å²) in [6, 6.07) is 12.8. The van der Waals surface area contributed by atoms with Crippen LogP contribution in [0.4, 0.5) is 8.78 Å². The van der Waals surface area contributed by atoms with E-state index in [0.717, 1.165) is 23.8 Å². The number of carbonyl (C=O) groups excluding carboxylic acids is 1. The molecular formula is C23H14ClF2N3O3. The number of nitriles is 1. The van der Waals surface area contributed by atoms with Gasteiger partial charge in [-0.2, -0.15) is 5.26 Å². The number of H-pyrrole nitrogens is 1. The van der Waals surface area contributed by atoms with Gasteiger partial charge in [0.15, 0.2) is 5.78 Å². The molecule has 1 aromatic heterocycles. The lowest BCUT2D eigenvalue weighted by Gasteiger charge is -2.10. The Hall–Kier alpha value is -3.96.